The molecule has 4 rings (SSSR count). The maximum Gasteiger partial charge on any atom is 0.451 e. The zero-order valence-electron chi connectivity index (χ0n) is 15.3. The standard InChI is InChI=1S/C17H18F4N6O2/c18-11-4-5-25(9-11)14(28)12-2-1-3-13-24-26(16(29)27(12)13)8-10-6-22-15(23-7-10)17(19,20)21/h6-7,11-12H,1-5,8-9H2/t11-,12-/m0/s1. The Bertz CT molecular complexity index is 968. The molecule has 2 atom stereocenters. The van der Waals surface area contributed by atoms with Crippen molar-refractivity contribution in [3.63, 3.8) is 0 Å². The second kappa shape index (κ2) is 7.23. The molecule has 0 spiro atoms. The van der Waals surface area contributed by atoms with Crippen molar-refractivity contribution >= 4 is 5.91 Å². The number of hydrogen-bond acceptors (Lipinski definition) is 5. The summed E-state index contributed by atoms with van der Waals surface area (Å²) in [5.74, 6) is -1.13. The van der Waals surface area contributed by atoms with Gasteiger partial charge >= 0.3 is 11.9 Å². The zero-order valence-corrected chi connectivity index (χ0v) is 15.3. The minimum atomic E-state index is -4.65. The van der Waals surface area contributed by atoms with E-state index in [-0.39, 0.29) is 31.0 Å². The molecule has 29 heavy (non-hydrogen) atoms. The van der Waals surface area contributed by atoms with Crippen LogP contribution in [0.1, 0.15) is 42.5 Å². The first-order valence-corrected chi connectivity index (χ1v) is 9.23. The Morgan fingerprint density at radius 2 is 1.93 bits per heavy atom. The first kappa shape index (κ1) is 19.5. The van der Waals surface area contributed by atoms with Gasteiger partial charge in [0.15, 0.2) is 0 Å². The second-order valence-corrected chi connectivity index (χ2v) is 7.22. The van der Waals surface area contributed by atoms with E-state index < -0.39 is 29.9 Å². The maximum atomic E-state index is 13.5. The molecule has 2 aliphatic rings. The van der Waals surface area contributed by atoms with Crippen molar-refractivity contribution < 1.29 is 22.4 Å². The first-order chi connectivity index (χ1) is 13.7. The SMILES string of the molecule is O=C([C@@H]1CCCc2nn(Cc3cnc(C(F)(F)F)nc3)c(=O)n21)N1CC[C@H](F)C1. The molecule has 0 unspecified atom stereocenters. The Balaban J connectivity index is 1.58. The van der Waals surface area contributed by atoms with Crippen LogP contribution in [0.15, 0.2) is 17.2 Å². The van der Waals surface area contributed by atoms with E-state index in [0.717, 1.165) is 17.1 Å². The van der Waals surface area contributed by atoms with Crippen molar-refractivity contribution in [3.8, 4) is 0 Å². The van der Waals surface area contributed by atoms with Gasteiger partial charge in [0.25, 0.3) is 0 Å². The van der Waals surface area contributed by atoms with Crippen molar-refractivity contribution in [1.82, 2.24) is 29.2 Å². The summed E-state index contributed by atoms with van der Waals surface area (Å²) in [6, 6.07) is -0.742. The van der Waals surface area contributed by atoms with Gasteiger partial charge in [0, 0.05) is 30.9 Å². The van der Waals surface area contributed by atoms with Crippen LogP contribution < -0.4 is 5.69 Å². The molecule has 1 saturated heterocycles. The third-order valence-corrected chi connectivity index (χ3v) is 5.15. The van der Waals surface area contributed by atoms with E-state index in [0.29, 0.717) is 31.6 Å². The van der Waals surface area contributed by atoms with Crippen LogP contribution in [0.3, 0.4) is 0 Å². The number of alkyl halides is 4. The minimum Gasteiger partial charge on any atom is -0.338 e. The molecule has 0 saturated carbocycles. The first-order valence-electron chi connectivity index (χ1n) is 9.23. The van der Waals surface area contributed by atoms with E-state index in [1.54, 1.807) is 0 Å². The van der Waals surface area contributed by atoms with Crippen LogP contribution in [-0.4, -0.2) is 54.4 Å². The number of hydrogen-bond donors (Lipinski definition) is 0. The van der Waals surface area contributed by atoms with Crippen LogP contribution in [0.5, 0.6) is 0 Å². The van der Waals surface area contributed by atoms with Gasteiger partial charge in [-0.1, -0.05) is 0 Å². The average Bonchev–Trinajstić information content (AvgIpc) is 3.25. The summed E-state index contributed by atoms with van der Waals surface area (Å²) in [6.45, 7) is 0.224. The largest absolute Gasteiger partial charge is 0.451 e. The van der Waals surface area contributed by atoms with E-state index in [9.17, 15) is 27.2 Å². The van der Waals surface area contributed by atoms with Crippen molar-refractivity contribution in [2.24, 2.45) is 0 Å². The molecule has 4 heterocycles. The van der Waals surface area contributed by atoms with E-state index >= 15 is 0 Å². The van der Waals surface area contributed by atoms with Crippen molar-refractivity contribution in [1.29, 1.82) is 0 Å². The summed E-state index contributed by atoms with van der Waals surface area (Å²) in [5.41, 5.74) is -0.257. The monoisotopic (exact) mass is 414 g/mol. The Morgan fingerprint density at radius 3 is 2.55 bits per heavy atom. The van der Waals surface area contributed by atoms with Crippen LogP contribution in [0.25, 0.3) is 0 Å². The summed E-state index contributed by atoms with van der Waals surface area (Å²) in [5, 5.41) is 4.24. The molecule has 2 aliphatic heterocycles. The van der Waals surface area contributed by atoms with Gasteiger partial charge in [0.1, 0.15) is 18.0 Å². The zero-order chi connectivity index (χ0) is 20.8. The molecule has 8 nitrogen and oxygen atoms in total. The predicted molar refractivity (Wildman–Crippen MR) is 90.7 cm³/mol. The van der Waals surface area contributed by atoms with Gasteiger partial charge < -0.3 is 4.90 Å². The second-order valence-electron chi connectivity index (χ2n) is 7.22. The normalized spacial score (nSPS) is 22.0. The molecule has 12 heteroatoms. The third-order valence-electron chi connectivity index (χ3n) is 5.15. The molecular weight excluding hydrogens is 396 g/mol. The lowest BCUT2D eigenvalue weighted by Gasteiger charge is -2.26. The number of likely N-dealkylation sites (tertiary alicyclic amines) is 1. The number of nitrogens with zero attached hydrogens (tertiary/aromatic N) is 6. The summed E-state index contributed by atoms with van der Waals surface area (Å²) in [4.78, 5) is 33.6. The Kier molecular flexibility index (Phi) is 4.87. The van der Waals surface area contributed by atoms with Gasteiger partial charge in [0.2, 0.25) is 11.7 Å². The van der Waals surface area contributed by atoms with E-state index in [4.69, 9.17) is 0 Å². The molecule has 0 aliphatic carbocycles. The molecule has 0 bridgehead atoms. The predicted octanol–water partition coefficient (Wildman–Crippen LogP) is 1.35. The Hall–Kier alpha value is -2.79. The fraction of sp³-hybridized carbons (Fsp3) is 0.588. The number of amides is 1. The van der Waals surface area contributed by atoms with Crippen LogP contribution in [0.2, 0.25) is 0 Å². The highest BCUT2D eigenvalue weighted by molar-refractivity contribution is 5.81. The molecule has 0 radical (unpaired) electrons. The lowest BCUT2D eigenvalue weighted by molar-refractivity contribution is -0.145. The van der Waals surface area contributed by atoms with Crippen molar-refractivity contribution in [3.05, 3.63) is 40.1 Å². The number of halogens is 4. The topological polar surface area (TPSA) is 85.9 Å². The minimum absolute atomic E-state index is 0.0243. The number of fused-ring (bicyclic) bond motifs is 1. The van der Waals surface area contributed by atoms with Crippen LogP contribution in [0, 0.1) is 0 Å². The fourth-order valence-corrected chi connectivity index (χ4v) is 3.75. The lowest BCUT2D eigenvalue weighted by Crippen LogP contribution is -2.41. The fourth-order valence-electron chi connectivity index (χ4n) is 3.75. The van der Waals surface area contributed by atoms with Crippen molar-refractivity contribution in [2.45, 2.75) is 50.6 Å². The number of aromatic nitrogens is 5. The quantitative estimate of drug-likeness (QED) is 0.708. The number of aryl methyl sites for hydroxylation is 1. The van der Waals surface area contributed by atoms with Crippen LogP contribution >= 0.6 is 0 Å². The van der Waals surface area contributed by atoms with Gasteiger partial charge in [0.05, 0.1) is 13.1 Å². The lowest BCUT2D eigenvalue weighted by atomic mass is 10.0. The molecule has 156 valence electrons. The number of carbonyl (C=O) groups is 1. The smallest absolute Gasteiger partial charge is 0.338 e. The highest BCUT2D eigenvalue weighted by Crippen LogP contribution is 2.27. The van der Waals surface area contributed by atoms with Gasteiger partial charge in [-0.3, -0.25) is 9.36 Å². The number of carbonyl (C=O) groups excluding carboxylic acids is 1. The summed E-state index contributed by atoms with van der Waals surface area (Å²) >= 11 is 0. The van der Waals surface area contributed by atoms with E-state index in [1.807, 2.05) is 0 Å². The van der Waals surface area contributed by atoms with Crippen molar-refractivity contribution in [2.75, 3.05) is 13.1 Å². The Morgan fingerprint density at radius 1 is 1.21 bits per heavy atom. The van der Waals surface area contributed by atoms with Gasteiger partial charge in [-0.25, -0.2) is 23.8 Å². The van der Waals surface area contributed by atoms with Crippen LogP contribution in [0.4, 0.5) is 17.6 Å². The van der Waals surface area contributed by atoms with Gasteiger partial charge in [-0.05, 0) is 19.3 Å². The molecule has 0 aromatic carbocycles. The molecule has 1 amide bonds. The average molecular weight is 414 g/mol. The molecule has 1 fully saturated rings. The van der Waals surface area contributed by atoms with Gasteiger partial charge in [-0.2, -0.15) is 18.3 Å². The molecule has 2 aromatic rings. The summed E-state index contributed by atoms with van der Waals surface area (Å²) in [6.07, 6.45) is -1.82. The summed E-state index contributed by atoms with van der Waals surface area (Å²) < 4.78 is 53.6. The highest BCUT2D eigenvalue weighted by Gasteiger charge is 2.36. The van der Waals surface area contributed by atoms with Crippen LogP contribution in [-0.2, 0) is 23.9 Å². The van der Waals surface area contributed by atoms with Gasteiger partial charge in [-0.15, -0.1) is 0 Å². The van der Waals surface area contributed by atoms with E-state index in [2.05, 4.69) is 15.1 Å². The molecule has 2 aromatic heterocycles. The Labute approximate surface area is 162 Å². The number of rotatable bonds is 3. The third kappa shape index (κ3) is 3.75. The molecule has 0 N–H and O–H groups in total. The van der Waals surface area contributed by atoms with E-state index in [1.165, 1.54) is 9.47 Å². The summed E-state index contributed by atoms with van der Waals surface area (Å²) in [7, 11) is 0. The molecular formula is C17H18F4N6O2. The maximum absolute atomic E-state index is 13.5. The highest BCUT2D eigenvalue weighted by atomic mass is 19.4.